The van der Waals surface area contributed by atoms with Gasteiger partial charge in [-0.2, -0.15) is 0 Å². The number of aryl methyl sites for hydroxylation is 3. The predicted octanol–water partition coefficient (Wildman–Crippen LogP) is 5.70. The fourth-order valence-corrected chi connectivity index (χ4v) is 7.78. The minimum atomic E-state index is -1.21. The van der Waals surface area contributed by atoms with E-state index in [1.807, 2.05) is 67.6 Å². The van der Waals surface area contributed by atoms with Crippen LogP contribution in [-0.4, -0.2) is 72.0 Å². The zero-order valence-electron chi connectivity index (χ0n) is 33.0. The number of hydrogen-bond acceptors (Lipinski definition) is 7. The Bertz CT molecular complexity index is 1910. The minimum absolute atomic E-state index is 0.227. The second-order valence-electron chi connectivity index (χ2n) is 16.3. The van der Waals surface area contributed by atoms with Gasteiger partial charge >= 0.3 is 6.09 Å². The van der Waals surface area contributed by atoms with Crippen LogP contribution in [0.2, 0.25) is 0 Å². The summed E-state index contributed by atoms with van der Waals surface area (Å²) in [5.74, 6) is -1.15. The number of nitrogens with zero attached hydrogens (tertiary/aromatic N) is 1. The molecule has 5 amide bonds. The van der Waals surface area contributed by atoms with Crippen molar-refractivity contribution < 1.29 is 33.4 Å². The molecule has 2 unspecified atom stereocenters. The van der Waals surface area contributed by atoms with E-state index in [2.05, 4.69) is 21.3 Å². The smallest absolute Gasteiger partial charge is 0.412 e. The first-order chi connectivity index (χ1) is 26.8. The van der Waals surface area contributed by atoms with E-state index in [0.29, 0.717) is 51.1 Å². The van der Waals surface area contributed by atoms with Gasteiger partial charge in [-0.1, -0.05) is 42.5 Å². The number of benzene rings is 3. The van der Waals surface area contributed by atoms with Gasteiger partial charge in [-0.3, -0.25) is 24.5 Å². The largest absolute Gasteiger partial charge is 0.494 e. The molecule has 12 nitrogen and oxygen atoms in total. The third-order valence-corrected chi connectivity index (χ3v) is 10.8. The van der Waals surface area contributed by atoms with Crippen LogP contribution in [0.25, 0.3) is 0 Å². The molecular formula is C44H55N5O7. The van der Waals surface area contributed by atoms with Crippen LogP contribution in [0.5, 0.6) is 5.75 Å². The molecule has 3 aromatic carbocycles. The van der Waals surface area contributed by atoms with E-state index in [1.54, 1.807) is 31.7 Å². The van der Waals surface area contributed by atoms with E-state index in [1.165, 1.54) is 0 Å². The van der Waals surface area contributed by atoms with Gasteiger partial charge in [0.15, 0.2) is 0 Å². The Morgan fingerprint density at radius 2 is 1.75 bits per heavy atom. The summed E-state index contributed by atoms with van der Waals surface area (Å²) in [6.45, 7) is 9.20. The highest BCUT2D eigenvalue weighted by Crippen LogP contribution is 2.35. The van der Waals surface area contributed by atoms with Crippen molar-refractivity contribution in [3.05, 3.63) is 94.5 Å². The monoisotopic (exact) mass is 765 g/mol. The minimum Gasteiger partial charge on any atom is -0.494 e. The molecule has 4 bridgehead atoms. The maximum absolute atomic E-state index is 14.3. The molecule has 0 spiro atoms. The second-order valence-corrected chi connectivity index (χ2v) is 16.3. The summed E-state index contributed by atoms with van der Waals surface area (Å²) in [4.78, 5) is 70.3. The Morgan fingerprint density at radius 1 is 0.946 bits per heavy atom. The maximum Gasteiger partial charge on any atom is 0.412 e. The normalized spacial score (nSPS) is 22.0. The lowest BCUT2D eigenvalue weighted by Crippen LogP contribution is -2.55. The topological polar surface area (TPSA) is 155 Å². The molecule has 2 heterocycles. The van der Waals surface area contributed by atoms with Gasteiger partial charge in [0.1, 0.15) is 23.4 Å². The molecule has 1 aliphatic carbocycles. The van der Waals surface area contributed by atoms with Gasteiger partial charge in [-0.25, -0.2) is 4.79 Å². The van der Waals surface area contributed by atoms with E-state index in [9.17, 15) is 24.0 Å². The van der Waals surface area contributed by atoms with Crippen LogP contribution in [0, 0.1) is 12.8 Å². The van der Waals surface area contributed by atoms with Crippen molar-refractivity contribution in [2.75, 3.05) is 25.0 Å². The average Bonchev–Trinajstić information content (AvgIpc) is 3.59. The molecule has 1 saturated heterocycles. The number of ether oxygens (including phenoxy) is 2. The van der Waals surface area contributed by atoms with Gasteiger partial charge in [0.2, 0.25) is 23.6 Å². The zero-order valence-corrected chi connectivity index (χ0v) is 33.0. The van der Waals surface area contributed by atoms with Crippen LogP contribution < -0.4 is 26.0 Å². The second kappa shape index (κ2) is 18.0. The Hall–Kier alpha value is -5.39. The molecule has 298 valence electrons. The quantitative estimate of drug-likeness (QED) is 0.251. The molecule has 0 saturated carbocycles. The Labute approximate surface area is 329 Å². The van der Waals surface area contributed by atoms with Gasteiger partial charge in [0.05, 0.1) is 18.9 Å². The van der Waals surface area contributed by atoms with Crippen molar-refractivity contribution in [1.82, 2.24) is 20.9 Å². The van der Waals surface area contributed by atoms with Crippen LogP contribution in [0.15, 0.2) is 66.7 Å². The molecule has 3 aliphatic rings. The van der Waals surface area contributed by atoms with Crippen LogP contribution in [-0.2, 0) is 43.3 Å². The van der Waals surface area contributed by atoms with E-state index < -0.39 is 35.6 Å². The molecule has 0 aromatic heterocycles. The summed E-state index contributed by atoms with van der Waals surface area (Å²) in [5.41, 5.74) is 4.54. The Kier molecular flexibility index (Phi) is 13.0. The van der Waals surface area contributed by atoms with E-state index >= 15 is 0 Å². The van der Waals surface area contributed by atoms with Crippen LogP contribution in [0.3, 0.4) is 0 Å². The van der Waals surface area contributed by atoms with Crippen molar-refractivity contribution in [3.8, 4) is 5.75 Å². The molecular weight excluding hydrogens is 711 g/mol. The number of rotatable bonds is 6. The highest BCUT2D eigenvalue weighted by molar-refractivity contribution is 5.96. The molecule has 3 aromatic rings. The number of fused-ring (bicyclic) bond motifs is 5. The van der Waals surface area contributed by atoms with Gasteiger partial charge in [0, 0.05) is 25.3 Å². The van der Waals surface area contributed by atoms with Gasteiger partial charge in [-0.05, 0) is 131 Å². The summed E-state index contributed by atoms with van der Waals surface area (Å²) < 4.78 is 11.5. The molecule has 2 aliphatic heterocycles. The van der Waals surface area contributed by atoms with Crippen molar-refractivity contribution >= 4 is 35.4 Å². The lowest BCUT2D eigenvalue weighted by atomic mass is 9.94. The molecule has 4 atom stereocenters. The summed E-state index contributed by atoms with van der Waals surface area (Å²) in [5, 5.41) is 11.6. The van der Waals surface area contributed by atoms with Gasteiger partial charge in [0.25, 0.3) is 0 Å². The summed E-state index contributed by atoms with van der Waals surface area (Å²) in [6, 6.07) is 18.8. The molecule has 4 N–H and O–H groups in total. The van der Waals surface area contributed by atoms with Crippen LogP contribution >= 0.6 is 0 Å². The van der Waals surface area contributed by atoms with Gasteiger partial charge in [-0.15, -0.1) is 0 Å². The van der Waals surface area contributed by atoms with Crippen molar-refractivity contribution in [2.24, 2.45) is 5.92 Å². The number of nitrogens with one attached hydrogen (secondary N) is 4. The number of hydrogen-bond donors (Lipinski definition) is 4. The lowest BCUT2D eigenvalue weighted by molar-refractivity contribution is -0.138. The molecule has 6 rings (SSSR count). The van der Waals surface area contributed by atoms with Crippen LogP contribution in [0.1, 0.15) is 93.0 Å². The first-order valence-electron chi connectivity index (χ1n) is 19.9. The number of carbonyl (C=O) groups is 5. The number of amides is 5. The SMILES string of the molecule is Cc1ccc2cc1CNC(=O)[C@H](CCc1ccccc1)NC(=O)[C@@H](NC(=O)C1CCc3cc(NC(=O)OC(C)(C)C)ccc31)CC(=O)N1CCCC(CCO2)C1. The fraction of sp³-hybridized carbons (Fsp3) is 0.477. The summed E-state index contributed by atoms with van der Waals surface area (Å²) >= 11 is 0. The maximum atomic E-state index is 14.3. The van der Waals surface area contributed by atoms with E-state index in [4.69, 9.17) is 9.47 Å². The van der Waals surface area contributed by atoms with E-state index in [-0.39, 0.29) is 36.6 Å². The zero-order chi connectivity index (χ0) is 39.8. The molecule has 0 radical (unpaired) electrons. The first kappa shape index (κ1) is 40.3. The lowest BCUT2D eigenvalue weighted by Gasteiger charge is -2.34. The summed E-state index contributed by atoms with van der Waals surface area (Å²) in [7, 11) is 0. The number of anilines is 1. The third-order valence-electron chi connectivity index (χ3n) is 10.8. The standard InChI is InChI=1S/C44H55N5O7/c1-28-12-16-34-24-32(28)26-45-41(52)37(19-13-29-9-6-5-7-10-29)47-42(53)38(25-39(50)49-21-8-11-30(27-49)20-22-55-34)48-40(51)36-17-14-31-23-33(15-18-35(31)36)46-43(54)56-44(2,3)4/h5-7,9-10,12,15-16,18,23-24,30,36-38H,8,11,13-14,17,19-22,25-27H2,1-4H3,(H,45,52)(H,46,54)(H,47,53)(H,48,51)/t30?,36?,37-,38-/m0/s1. The first-order valence-corrected chi connectivity index (χ1v) is 19.9. The molecule has 1 fully saturated rings. The van der Waals surface area contributed by atoms with Gasteiger partial charge < -0.3 is 30.3 Å². The van der Waals surface area contributed by atoms with Crippen LogP contribution in [0.4, 0.5) is 10.5 Å². The Morgan fingerprint density at radius 3 is 2.54 bits per heavy atom. The summed E-state index contributed by atoms with van der Waals surface area (Å²) in [6.07, 6.45) is 3.68. The third kappa shape index (κ3) is 10.9. The molecule has 56 heavy (non-hydrogen) atoms. The predicted molar refractivity (Wildman–Crippen MR) is 213 cm³/mol. The Balaban J connectivity index is 1.23. The van der Waals surface area contributed by atoms with E-state index in [0.717, 1.165) is 52.8 Å². The van der Waals surface area contributed by atoms with Crippen molar-refractivity contribution in [2.45, 2.75) is 109 Å². The highest BCUT2D eigenvalue weighted by atomic mass is 16.6. The average molecular weight is 766 g/mol. The highest BCUT2D eigenvalue weighted by Gasteiger charge is 2.35. The molecule has 12 heteroatoms. The fourth-order valence-electron chi connectivity index (χ4n) is 7.78. The number of carbonyl (C=O) groups excluding carboxylic acids is 5. The van der Waals surface area contributed by atoms with Crippen molar-refractivity contribution in [1.29, 1.82) is 0 Å². The van der Waals surface area contributed by atoms with Crippen molar-refractivity contribution in [3.63, 3.8) is 0 Å². The number of piperidine rings is 1.